The normalized spacial score (nSPS) is 10.6. The van der Waals surface area contributed by atoms with Gasteiger partial charge in [-0.2, -0.15) is 0 Å². The van der Waals surface area contributed by atoms with Gasteiger partial charge in [0.15, 0.2) is 0 Å². The molecule has 0 bridgehead atoms. The summed E-state index contributed by atoms with van der Waals surface area (Å²) in [5.74, 6) is 1.35. The summed E-state index contributed by atoms with van der Waals surface area (Å²) < 4.78 is 5.49. The highest BCUT2D eigenvalue weighted by Crippen LogP contribution is 2.34. The fraction of sp³-hybridized carbons (Fsp3) is 0.562. The Morgan fingerprint density at radius 1 is 1.37 bits per heavy atom. The second-order valence-corrected chi connectivity index (χ2v) is 5.17. The number of carbonyl (C=O) groups excluding carboxylic acids is 1. The van der Waals surface area contributed by atoms with Gasteiger partial charge >= 0.3 is 0 Å². The molecule has 0 aliphatic rings. The molecule has 0 aliphatic heterocycles. The first-order valence-electron chi connectivity index (χ1n) is 6.98. The lowest BCUT2D eigenvalue weighted by molar-refractivity contribution is -0.116. The average Bonchev–Trinajstić information content (AvgIpc) is 2.38. The highest BCUT2D eigenvalue weighted by atomic mass is 16.5. The van der Waals surface area contributed by atoms with Crippen molar-refractivity contribution in [2.75, 3.05) is 12.4 Å². The lowest BCUT2D eigenvalue weighted by atomic mass is 9.98. The molecule has 3 heteroatoms. The van der Waals surface area contributed by atoms with E-state index in [4.69, 9.17) is 4.74 Å². The van der Waals surface area contributed by atoms with Gasteiger partial charge in [-0.3, -0.25) is 4.79 Å². The first kappa shape index (κ1) is 15.5. The standard InChI is InChI=1S/C16H25NO2/c1-6-7-8-15(18)17-14-10-9-13(11(2)3)16(19-5)12(14)4/h9-11H,6-8H2,1-5H3,(H,17,18). The second kappa shape index (κ2) is 7.17. The molecule has 0 aliphatic carbocycles. The molecular formula is C16H25NO2. The van der Waals surface area contributed by atoms with Gasteiger partial charge in [0.25, 0.3) is 0 Å². The van der Waals surface area contributed by atoms with Crippen LogP contribution in [0.3, 0.4) is 0 Å². The summed E-state index contributed by atoms with van der Waals surface area (Å²) in [7, 11) is 1.68. The SMILES string of the molecule is CCCCC(=O)Nc1ccc(C(C)C)c(OC)c1C. The Bertz CT molecular complexity index is 439. The van der Waals surface area contributed by atoms with E-state index in [0.29, 0.717) is 12.3 Å². The van der Waals surface area contributed by atoms with Crippen LogP contribution in [0.25, 0.3) is 0 Å². The minimum absolute atomic E-state index is 0.0734. The van der Waals surface area contributed by atoms with E-state index in [2.05, 4.69) is 26.1 Å². The molecule has 0 fully saturated rings. The number of nitrogens with one attached hydrogen (secondary N) is 1. The first-order valence-corrected chi connectivity index (χ1v) is 6.98. The van der Waals surface area contributed by atoms with Crippen molar-refractivity contribution in [3.8, 4) is 5.75 Å². The highest BCUT2D eigenvalue weighted by molar-refractivity contribution is 5.92. The lowest BCUT2D eigenvalue weighted by Crippen LogP contribution is -2.12. The fourth-order valence-corrected chi connectivity index (χ4v) is 2.12. The van der Waals surface area contributed by atoms with Crippen molar-refractivity contribution < 1.29 is 9.53 Å². The molecule has 0 radical (unpaired) electrons. The molecule has 1 rings (SSSR count). The van der Waals surface area contributed by atoms with Crippen molar-refractivity contribution in [3.05, 3.63) is 23.3 Å². The van der Waals surface area contributed by atoms with Crippen LogP contribution in [0.15, 0.2) is 12.1 Å². The zero-order chi connectivity index (χ0) is 14.4. The van der Waals surface area contributed by atoms with Crippen molar-refractivity contribution in [2.24, 2.45) is 0 Å². The van der Waals surface area contributed by atoms with Gasteiger partial charge in [-0.05, 0) is 30.9 Å². The number of hydrogen-bond donors (Lipinski definition) is 1. The van der Waals surface area contributed by atoms with Crippen LogP contribution in [0.1, 0.15) is 57.1 Å². The Kier molecular flexibility index (Phi) is 5.87. The summed E-state index contributed by atoms with van der Waals surface area (Å²) in [5.41, 5.74) is 3.02. The van der Waals surface area contributed by atoms with Crippen molar-refractivity contribution in [1.29, 1.82) is 0 Å². The van der Waals surface area contributed by atoms with E-state index in [1.165, 1.54) is 5.56 Å². The monoisotopic (exact) mass is 263 g/mol. The molecule has 0 heterocycles. The third-order valence-electron chi connectivity index (χ3n) is 3.29. The van der Waals surface area contributed by atoms with Crippen LogP contribution in [-0.2, 0) is 4.79 Å². The third kappa shape index (κ3) is 3.98. The minimum atomic E-state index is 0.0734. The molecule has 0 aromatic heterocycles. The van der Waals surface area contributed by atoms with Gasteiger partial charge in [0.2, 0.25) is 5.91 Å². The summed E-state index contributed by atoms with van der Waals surface area (Å²) in [6.07, 6.45) is 2.53. The third-order valence-corrected chi connectivity index (χ3v) is 3.29. The van der Waals surface area contributed by atoms with Gasteiger partial charge < -0.3 is 10.1 Å². The number of unbranched alkanes of at least 4 members (excludes halogenated alkanes) is 1. The number of anilines is 1. The lowest BCUT2D eigenvalue weighted by Gasteiger charge is -2.17. The van der Waals surface area contributed by atoms with E-state index in [9.17, 15) is 4.79 Å². The van der Waals surface area contributed by atoms with Crippen molar-refractivity contribution >= 4 is 11.6 Å². The summed E-state index contributed by atoms with van der Waals surface area (Å²) in [5, 5.41) is 2.97. The van der Waals surface area contributed by atoms with Crippen LogP contribution >= 0.6 is 0 Å². The molecule has 1 N–H and O–H groups in total. The molecule has 0 unspecified atom stereocenters. The number of hydrogen-bond acceptors (Lipinski definition) is 2. The first-order chi connectivity index (χ1) is 9.01. The van der Waals surface area contributed by atoms with E-state index < -0.39 is 0 Å². The zero-order valence-corrected chi connectivity index (χ0v) is 12.7. The Balaban J connectivity index is 2.95. The summed E-state index contributed by atoms with van der Waals surface area (Å²) >= 11 is 0. The van der Waals surface area contributed by atoms with E-state index in [1.807, 2.05) is 19.1 Å². The Hall–Kier alpha value is -1.51. The number of rotatable bonds is 6. The van der Waals surface area contributed by atoms with Gasteiger partial charge in [0.05, 0.1) is 7.11 Å². The maximum Gasteiger partial charge on any atom is 0.224 e. The molecule has 0 spiro atoms. The smallest absolute Gasteiger partial charge is 0.224 e. The van der Waals surface area contributed by atoms with Crippen LogP contribution in [0.5, 0.6) is 5.75 Å². The van der Waals surface area contributed by atoms with Crippen LogP contribution in [0, 0.1) is 6.92 Å². The van der Waals surface area contributed by atoms with Gasteiger partial charge in [0, 0.05) is 17.7 Å². The number of benzene rings is 1. The van der Waals surface area contributed by atoms with Crippen LogP contribution in [-0.4, -0.2) is 13.0 Å². The van der Waals surface area contributed by atoms with Crippen molar-refractivity contribution in [3.63, 3.8) is 0 Å². The Morgan fingerprint density at radius 3 is 2.58 bits per heavy atom. The predicted molar refractivity (Wildman–Crippen MR) is 80.0 cm³/mol. The molecule has 0 saturated carbocycles. The summed E-state index contributed by atoms with van der Waals surface area (Å²) in [6, 6.07) is 4.00. The Morgan fingerprint density at radius 2 is 2.05 bits per heavy atom. The maximum absolute atomic E-state index is 11.8. The molecular weight excluding hydrogens is 238 g/mol. The quantitative estimate of drug-likeness (QED) is 0.833. The molecule has 1 amide bonds. The Labute approximate surface area is 116 Å². The van der Waals surface area contributed by atoms with Crippen LogP contribution in [0.4, 0.5) is 5.69 Å². The van der Waals surface area contributed by atoms with Crippen LogP contribution in [0.2, 0.25) is 0 Å². The summed E-state index contributed by atoms with van der Waals surface area (Å²) in [6.45, 7) is 8.34. The number of ether oxygens (including phenoxy) is 1. The maximum atomic E-state index is 11.8. The van der Waals surface area contributed by atoms with Crippen molar-refractivity contribution in [2.45, 2.75) is 52.9 Å². The van der Waals surface area contributed by atoms with Crippen molar-refractivity contribution in [1.82, 2.24) is 0 Å². The van der Waals surface area contributed by atoms with Crippen LogP contribution < -0.4 is 10.1 Å². The predicted octanol–water partition coefficient (Wildman–Crippen LogP) is 4.26. The number of methoxy groups -OCH3 is 1. The fourth-order valence-electron chi connectivity index (χ4n) is 2.12. The van der Waals surface area contributed by atoms with E-state index in [0.717, 1.165) is 29.8 Å². The molecule has 106 valence electrons. The minimum Gasteiger partial charge on any atom is -0.496 e. The largest absolute Gasteiger partial charge is 0.496 e. The molecule has 0 saturated heterocycles. The van der Waals surface area contributed by atoms with E-state index in [-0.39, 0.29) is 5.91 Å². The topological polar surface area (TPSA) is 38.3 Å². The van der Waals surface area contributed by atoms with E-state index >= 15 is 0 Å². The van der Waals surface area contributed by atoms with Gasteiger partial charge in [-0.1, -0.05) is 33.3 Å². The van der Waals surface area contributed by atoms with Gasteiger partial charge in [-0.25, -0.2) is 0 Å². The molecule has 1 aromatic carbocycles. The molecule has 3 nitrogen and oxygen atoms in total. The number of carbonyl (C=O) groups is 1. The van der Waals surface area contributed by atoms with Gasteiger partial charge in [0.1, 0.15) is 5.75 Å². The zero-order valence-electron chi connectivity index (χ0n) is 12.7. The summed E-state index contributed by atoms with van der Waals surface area (Å²) in [4.78, 5) is 11.8. The molecule has 19 heavy (non-hydrogen) atoms. The molecule has 1 aromatic rings. The highest BCUT2D eigenvalue weighted by Gasteiger charge is 2.14. The van der Waals surface area contributed by atoms with Gasteiger partial charge in [-0.15, -0.1) is 0 Å². The second-order valence-electron chi connectivity index (χ2n) is 5.17. The number of amides is 1. The molecule has 0 atom stereocenters. The average molecular weight is 263 g/mol. The van der Waals surface area contributed by atoms with E-state index in [1.54, 1.807) is 7.11 Å².